The molecular weight excluding hydrogens is 1090 g/mol. The van der Waals surface area contributed by atoms with Crippen molar-refractivity contribution in [2.75, 3.05) is 97.1 Å². The summed E-state index contributed by atoms with van der Waals surface area (Å²) in [4.78, 5) is 115. The number of carbonyl (C=O) groups is 9. The van der Waals surface area contributed by atoms with Crippen molar-refractivity contribution < 1.29 is 76.0 Å². The molecule has 2 heterocycles. The zero-order valence-electron chi connectivity index (χ0n) is 47.4. The standard InChI is InChI=1S/C57H78F2N8O14S/c1-38(2)53(64-48(70)18-23-78-25-27-80-29-30-81-28-26-79-24-20-61-47(69)17-22-66-50(72)15-16-51(66)73)55(75)62-33-49(71)60-19-10-21-67(52(74)37-82-36-45(56(76)77)63-39(3)68)54(57(4,5)6)46-31-41(43-32-42(58)13-14-44(43)59)35-65(46)34-40-11-8-7-9-12-40/h7-9,11-16,31-32,35,38,45,53-54H,10,17-30,33-34,36-37H2,1-6H3,(H,60,71)(H,61,69)(H,62,75)(H,63,68)(H,64,70)(H,76,77)/t45-,53?,54-/m0/s1. The average Bonchev–Trinajstić information content (AvgIpc) is 3.37. The number of hydrogen-bond donors (Lipinski definition) is 6. The first-order valence-corrected chi connectivity index (χ1v) is 28.2. The first-order valence-electron chi connectivity index (χ1n) is 27.1. The third kappa shape index (κ3) is 23.8. The van der Waals surface area contributed by atoms with E-state index in [1.807, 2.05) is 55.7 Å². The van der Waals surface area contributed by atoms with Crippen LogP contribution in [0.1, 0.15) is 78.1 Å². The third-order valence-corrected chi connectivity index (χ3v) is 13.5. The molecule has 0 aliphatic carbocycles. The summed E-state index contributed by atoms with van der Waals surface area (Å²) in [7, 11) is 0. The second-order valence-electron chi connectivity index (χ2n) is 20.5. The molecule has 3 aromatic rings. The van der Waals surface area contributed by atoms with Crippen LogP contribution >= 0.6 is 11.8 Å². The summed E-state index contributed by atoms with van der Waals surface area (Å²) in [5.41, 5.74) is 1.22. The Morgan fingerprint density at radius 2 is 1.37 bits per heavy atom. The van der Waals surface area contributed by atoms with Gasteiger partial charge in [-0.15, -0.1) is 11.8 Å². The second kappa shape index (κ2) is 35.1. The summed E-state index contributed by atoms with van der Waals surface area (Å²) in [5, 5.41) is 22.8. The largest absolute Gasteiger partial charge is 0.480 e. The number of thioether (sulfide) groups is 1. The van der Waals surface area contributed by atoms with Crippen molar-refractivity contribution in [2.45, 2.75) is 85.5 Å². The van der Waals surface area contributed by atoms with Crippen molar-refractivity contribution >= 4 is 65.0 Å². The minimum atomic E-state index is -1.26. The van der Waals surface area contributed by atoms with Gasteiger partial charge in [-0.3, -0.25) is 43.3 Å². The van der Waals surface area contributed by atoms with E-state index >= 15 is 4.39 Å². The third-order valence-electron chi connectivity index (χ3n) is 12.5. The highest BCUT2D eigenvalue weighted by atomic mass is 32.2. The number of carboxylic acids is 1. The lowest BCUT2D eigenvalue weighted by molar-refractivity contribution is -0.141. The number of amides is 8. The highest BCUT2D eigenvalue weighted by molar-refractivity contribution is 8.00. The van der Waals surface area contributed by atoms with Gasteiger partial charge in [0.15, 0.2) is 0 Å². The lowest BCUT2D eigenvalue weighted by atomic mass is 9.83. The van der Waals surface area contributed by atoms with Gasteiger partial charge in [0, 0.05) is 93.4 Å². The minimum absolute atomic E-state index is 0.00367. The summed E-state index contributed by atoms with van der Waals surface area (Å²) in [6.45, 7) is 12.8. The van der Waals surface area contributed by atoms with Gasteiger partial charge in [0.05, 0.1) is 71.2 Å². The number of carbonyl (C=O) groups excluding carboxylic acids is 8. The van der Waals surface area contributed by atoms with Gasteiger partial charge in [0.25, 0.3) is 11.8 Å². The molecule has 0 saturated carbocycles. The average molecular weight is 1170 g/mol. The predicted molar refractivity (Wildman–Crippen MR) is 301 cm³/mol. The van der Waals surface area contributed by atoms with Crippen LogP contribution in [-0.4, -0.2) is 182 Å². The Hall–Kier alpha value is -7.06. The van der Waals surface area contributed by atoms with E-state index in [2.05, 4.69) is 26.6 Å². The molecule has 1 aliphatic rings. The zero-order chi connectivity index (χ0) is 60.2. The summed E-state index contributed by atoms with van der Waals surface area (Å²) in [6.07, 6.45) is 4.23. The highest BCUT2D eigenvalue weighted by Gasteiger charge is 2.37. The molecule has 22 nitrogen and oxygen atoms in total. The molecule has 4 rings (SSSR count). The molecule has 0 bridgehead atoms. The number of aromatic nitrogens is 1. The molecule has 6 N–H and O–H groups in total. The summed E-state index contributed by atoms with van der Waals surface area (Å²) in [5.74, 6) is -6.82. The maximum atomic E-state index is 15.3. The van der Waals surface area contributed by atoms with E-state index in [1.54, 1.807) is 31.0 Å². The maximum Gasteiger partial charge on any atom is 0.327 e. The molecule has 0 fully saturated rings. The summed E-state index contributed by atoms with van der Waals surface area (Å²) in [6, 6.07) is 11.5. The minimum Gasteiger partial charge on any atom is -0.480 e. The number of aliphatic carboxylic acids is 1. The van der Waals surface area contributed by atoms with Crippen molar-refractivity contribution in [1.82, 2.24) is 41.0 Å². The zero-order valence-corrected chi connectivity index (χ0v) is 48.2. The molecular formula is C57H78F2N8O14S. The van der Waals surface area contributed by atoms with Gasteiger partial charge in [-0.25, -0.2) is 13.6 Å². The van der Waals surface area contributed by atoms with Crippen LogP contribution in [0, 0.1) is 23.0 Å². The Labute approximate surface area is 481 Å². The fourth-order valence-corrected chi connectivity index (χ4v) is 9.44. The molecule has 450 valence electrons. The van der Waals surface area contributed by atoms with E-state index in [1.165, 1.54) is 6.92 Å². The number of ether oxygens (including phenoxy) is 4. The van der Waals surface area contributed by atoms with Crippen LogP contribution in [0.5, 0.6) is 0 Å². The molecule has 8 amide bonds. The van der Waals surface area contributed by atoms with E-state index < -0.39 is 83.1 Å². The lowest BCUT2D eigenvalue weighted by Gasteiger charge is -2.41. The van der Waals surface area contributed by atoms with Crippen LogP contribution in [0.25, 0.3) is 11.1 Å². The number of nitrogens with zero attached hydrogens (tertiary/aromatic N) is 3. The number of rotatable bonds is 38. The lowest BCUT2D eigenvalue weighted by Crippen LogP contribution is -2.51. The molecule has 3 atom stereocenters. The molecule has 82 heavy (non-hydrogen) atoms. The second-order valence-corrected chi connectivity index (χ2v) is 21.6. The van der Waals surface area contributed by atoms with Crippen molar-refractivity contribution in [2.24, 2.45) is 11.3 Å². The molecule has 25 heteroatoms. The quantitative estimate of drug-likeness (QED) is 0.0355. The summed E-state index contributed by atoms with van der Waals surface area (Å²) >= 11 is 1.02. The van der Waals surface area contributed by atoms with Crippen LogP contribution in [0.2, 0.25) is 0 Å². The molecule has 1 unspecified atom stereocenters. The molecule has 0 radical (unpaired) electrons. The first-order chi connectivity index (χ1) is 39.0. The van der Waals surface area contributed by atoms with Crippen molar-refractivity contribution in [3.05, 3.63) is 95.8 Å². The van der Waals surface area contributed by atoms with Crippen molar-refractivity contribution in [3.8, 4) is 11.1 Å². The molecule has 1 aromatic heterocycles. The molecule has 1 aliphatic heterocycles. The Bertz CT molecular complexity index is 2630. The van der Waals surface area contributed by atoms with Gasteiger partial charge in [0.2, 0.25) is 35.4 Å². The number of carboxylic acid groups (broad SMARTS) is 1. The Morgan fingerprint density at radius 1 is 0.744 bits per heavy atom. The Morgan fingerprint density at radius 3 is 1.98 bits per heavy atom. The fraction of sp³-hybridized carbons (Fsp3) is 0.526. The van der Waals surface area contributed by atoms with Gasteiger partial charge in [-0.1, -0.05) is 65.0 Å². The fourth-order valence-electron chi connectivity index (χ4n) is 8.52. The first kappa shape index (κ1) is 67.4. The van der Waals surface area contributed by atoms with Crippen molar-refractivity contribution in [1.29, 1.82) is 0 Å². The SMILES string of the molecule is CC(=O)N[C@@H](CSCC(=O)N(CCCNC(=O)CNC(=O)C(NC(=O)CCOCCOCCOCCOCCNC(=O)CCN1C(=O)C=CC1=O)C(C)C)[C@@H](c1cc(-c2cc(F)ccc2F)cn1Cc1ccccc1)C(C)(C)C)C(=O)O. The van der Waals surface area contributed by atoms with Crippen LogP contribution in [-0.2, 0) is 68.6 Å². The Balaban J connectivity index is 1.22. The van der Waals surface area contributed by atoms with Crippen LogP contribution in [0.4, 0.5) is 8.78 Å². The van der Waals surface area contributed by atoms with Crippen LogP contribution in [0.15, 0.2) is 72.9 Å². The van der Waals surface area contributed by atoms with Gasteiger partial charge < -0.3 is 60.1 Å². The van der Waals surface area contributed by atoms with E-state index in [0.717, 1.165) is 52.6 Å². The van der Waals surface area contributed by atoms with Crippen LogP contribution in [0.3, 0.4) is 0 Å². The number of nitrogens with one attached hydrogen (secondary N) is 5. The van der Waals surface area contributed by atoms with Gasteiger partial charge >= 0.3 is 5.97 Å². The monoisotopic (exact) mass is 1170 g/mol. The number of hydrogen-bond acceptors (Lipinski definition) is 14. The Kier molecular flexibility index (Phi) is 28.8. The molecule has 0 spiro atoms. The van der Waals surface area contributed by atoms with Gasteiger partial charge in [0.1, 0.15) is 23.7 Å². The normalized spacial score (nSPS) is 13.4. The number of benzene rings is 2. The van der Waals surface area contributed by atoms with E-state index in [0.29, 0.717) is 44.2 Å². The van der Waals surface area contributed by atoms with Gasteiger partial charge in [-0.05, 0) is 47.6 Å². The predicted octanol–water partition coefficient (Wildman–Crippen LogP) is 3.37. The van der Waals surface area contributed by atoms with E-state index in [4.69, 9.17) is 18.9 Å². The van der Waals surface area contributed by atoms with Crippen molar-refractivity contribution in [3.63, 3.8) is 0 Å². The van der Waals surface area contributed by atoms with E-state index in [9.17, 15) is 52.6 Å². The van der Waals surface area contributed by atoms with Gasteiger partial charge in [-0.2, -0.15) is 0 Å². The van der Waals surface area contributed by atoms with E-state index in [-0.39, 0.29) is 107 Å². The summed E-state index contributed by atoms with van der Waals surface area (Å²) < 4.78 is 53.7. The highest BCUT2D eigenvalue weighted by Crippen LogP contribution is 2.41. The topological polar surface area (TPSA) is 282 Å². The smallest absolute Gasteiger partial charge is 0.327 e. The number of halogens is 2. The number of imide groups is 1. The van der Waals surface area contributed by atoms with Crippen LogP contribution < -0.4 is 26.6 Å². The maximum absolute atomic E-state index is 15.3. The molecule has 0 saturated heterocycles. The molecule has 2 aromatic carbocycles.